The molecule has 2 N–H and O–H groups in total. The Bertz CT molecular complexity index is 1370. The second-order valence-corrected chi connectivity index (χ2v) is 9.95. The van der Waals surface area contributed by atoms with Gasteiger partial charge in [0.05, 0.1) is 12.6 Å². The lowest BCUT2D eigenvalue weighted by Gasteiger charge is -2.44. The van der Waals surface area contributed by atoms with Crippen molar-refractivity contribution in [2.24, 2.45) is 0 Å². The Morgan fingerprint density at radius 1 is 0.973 bits per heavy atom. The Hall–Kier alpha value is -3.77. The summed E-state index contributed by atoms with van der Waals surface area (Å²) in [6.45, 7) is 6.05. The lowest BCUT2D eigenvalue weighted by molar-refractivity contribution is 0.0771. The minimum atomic E-state index is -0.225. The first-order valence-electron chi connectivity index (χ1n) is 13.4. The van der Waals surface area contributed by atoms with Gasteiger partial charge >= 0.3 is 0 Å². The molecule has 2 aliphatic rings. The van der Waals surface area contributed by atoms with E-state index in [2.05, 4.69) is 68.6 Å². The molecule has 1 fully saturated rings. The molecular weight excluding hydrogens is 460 g/mol. The molecule has 2 unspecified atom stereocenters. The SMILES string of the molecule is CCOc1ccc(C(=O)C(C2CCc3ccccc3N2)N2CCN(c3cccc4[nH]ccc34)CC2)cc1. The lowest BCUT2D eigenvalue weighted by atomic mass is 9.88. The summed E-state index contributed by atoms with van der Waals surface area (Å²) in [4.78, 5) is 22.3. The summed E-state index contributed by atoms with van der Waals surface area (Å²) in [5.41, 5.74) is 5.65. The van der Waals surface area contributed by atoms with E-state index in [4.69, 9.17) is 4.74 Å². The number of fused-ring (bicyclic) bond motifs is 2. The molecule has 0 spiro atoms. The number of aromatic nitrogens is 1. The zero-order chi connectivity index (χ0) is 25.2. The fourth-order valence-electron chi connectivity index (χ4n) is 5.94. The molecule has 1 saturated heterocycles. The number of hydrogen-bond acceptors (Lipinski definition) is 5. The van der Waals surface area contributed by atoms with Crippen molar-refractivity contribution >= 4 is 28.1 Å². The zero-order valence-electron chi connectivity index (χ0n) is 21.3. The molecule has 190 valence electrons. The number of benzene rings is 3. The van der Waals surface area contributed by atoms with Gasteiger partial charge in [-0.15, -0.1) is 0 Å². The number of nitrogens with one attached hydrogen (secondary N) is 2. The maximum atomic E-state index is 14.1. The highest BCUT2D eigenvalue weighted by atomic mass is 16.5. The minimum Gasteiger partial charge on any atom is -0.494 e. The van der Waals surface area contributed by atoms with E-state index in [1.165, 1.54) is 16.6 Å². The number of H-pyrrole nitrogens is 1. The summed E-state index contributed by atoms with van der Waals surface area (Å²) >= 11 is 0. The quantitative estimate of drug-likeness (QED) is 0.339. The van der Waals surface area contributed by atoms with Crippen molar-refractivity contribution in [1.29, 1.82) is 0 Å². The van der Waals surface area contributed by atoms with Gasteiger partial charge in [-0.2, -0.15) is 0 Å². The van der Waals surface area contributed by atoms with Gasteiger partial charge in [0.2, 0.25) is 0 Å². The van der Waals surface area contributed by atoms with E-state index in [0.29, 0.717) is 6.61 Å². The number of aromatic amines is 1. The first kappa shape index (κ1) is 23.6. The fourth-order valence-corrected chi connectivity index (χ4v) is 5.94. The summed E-state index contributed by atoms with van der Waals surface area (Å²) in [7, 11) is 0. The standard InChI is InChI=1S/C31H34N4O2/c1-2-37-24-13-10-23(11-14-24)31(36)30(28-15-12-22-6-3-4-7-26(22)33-28)35-20-18-34(19-21-35)29-9-5-8-27-25(29)16-17-32-27/h3-11,13-14,16-17,28,30,32-33H,2,12,15,18-21H2,1H3. The number of hydrogen-bond donors (Lipinski definition) is 2. The van der Waals surface area contributed by atoms with Gasteiger partial charge in [-0.3, -0.25) is 9.69 Å². The number of aryl methyl sites for hydroxylation is 1. The number of piperazine rings is 1. The maximum Gasteiger partial charge on any atom is 0.182 e. The average molecular weight is 495 g/mol. The molecule has 6 heteroatoms. The topological polar surface area (TPSA) is 60.6 Å². The second kappa shape index (κ2) is 10.3. The van der Waals surface area contributed by atoms with E-state index in [1.807, 2.05) is 37.4 Å². The van der Waals surface area contributed by atoms with Gasteiger partial charge in [0, 0.05) is 66.3 Å². The summed E-state index contributed by atoms with van der Waals surface area (Å²) in [6, 6.07) is 24.6. The first-order chi connectivity index (χ1) is 18.2. The van der Waals surface area contributed by atoms with Crippen LogP contribution in [0.2, 0.25) is 0 Å². The van der Waals surface area contributed by atoms with Gasteiger partial charge < -0.3 is 19.9 Å². The number of Topliss-reactive ketones (excluding diaryl/α,β-unsaturated/α-hetero) is 1. The highest BCUT2D eigenvalue weighted by Gasteiger charge is 2.37. The monoisotopic (exact) mass is 494 g/mol. The van der Waals surface area contributed by atoms with Crippen LogP contribution in [-0.4, -0.2) is 60.5 Å². The van der Waals surface area contributed by atoms with E-state index in [1.54, 1.807) is 0 Å². The summed E-state index contributed by atoms with van der Waals surface area (Å²) in [6.07, 6.45) is 3.92. The van der Waals surface area contributed by atoms with Crippen LogP contribution >= 0.6 is 0 Å². The van der Waals surface area contributed by atoms with Crippen LogP contribution in [0, 0.1) is 0 Å². The number of ketones is 1. The number of carbonyl (C=O) groups excluding carboxylic acids is 1. The fraction of sp³-hybridized carbons (Fsp3) is 0.323. The molecule has 0 bridgehead atoms. The van der Waals surface area contributed by atoms with Gasteiger partial charge in [0.25, 0.3) is 0 Å². The van der Waals surface area contributed by atoms with Crippen molar-refractivity contribution in [3.8, 4) is 5.75 Å². The Morgan fingerprint density at radius 3 is 2.59 bits per heavy atom. The number of para-hydroxylation sites is 1. The molecule has 0 saturated carbocycles. The average Bonchev–Trinajstić information content (AvgIpc) is 3.43. The normalized spacial score (nSPS) is 18.7. The molecule has 4 aromatic rings. The Labute approximate surface area is 218 Å². The summed E-state index contributed by atoms with van der Waals surface area (Å²) in [5, 5.41) is 4.99. The highest BCUT2D eigenvalue weighted by molar-refractivity contribution is 6.01. The third kappa shape index (κ3) is 4.69. The largest absolute Gasteiger partial charge is 0.494 e. The van der Waals surface area contributed by atoms with Gasteiger partial charge in [0.1, 0.15) is 5.75 Å². The maximum absolute atomic E-state index is 14.1. The molecule has 2 aliphatic heterocycles. The third-order valence-electron chi connectivity index (χ3n) is 7.80. The van der Waals surface area contributed by atoms with Crippen molar-refractivity contribution in [3.63, 3.8) is 0 Å². The molecule has 37 heavy (non-hydrogen) atoms. The van der Waals surface area contributed by atoms with Gasteiger partial charge in [0.15, 0.2) is 5.78 Å². The second-order valence-electron chi connectivity index (χ2n) is 9.95. The minimum absolute atomic E-state index is 0.0635. The number of carbonyl (C=O) groups is 1. The Balaban J connectivity index is 1.25. The van der Waals surface area contributed by atoms with Crippen molar-refractivity contribution in [2.75, 3.05) is 43.0 Å². The molecular formula is C31H34N4O2. The summed E-state index contributed by atoms with van der Waals surface area (Å²) < 4.78 is 5.61. The molecule has 6 rings (SSSR count). The zero-order valence-corrected chi connectivity index (χ0v) is 21.3. The van der Waals surface area contributed by atoms with Crippen molar-refractivity contribution in [3.05, 3.63) is 90.1 Å². The van der Waals surface area contributed by atoms with E-state index >= 15 is 0 Å². The smallest absolute Gasteiger partial charge is 0.182 e. The predicted molar refractivity (Wildman–Crippen MR) is 150 cm³/mol. The van der Waals surface area contributed by atoms with Crippen molar-refractivity contribution in [2.45, 2.75) is 31.8 Å². The molecule has 1 aromatic heterocycles. The van der Waals surface area contributed by atoms with E-state index in [0.717, 1.165) is 61.5 Å². The van der Waals surface area contributed by atoms with Crippen LogP contribution in [0.15, 0.2) is 79.0 Å². The van der Waals surface area contributed by atoms with Gasteiger partial charge in [-0.1, -0.05) is 24.3 Å². The predicted octanol–water partition coefficient (Wildman–Crippen LogP) is 5.37. The number of rotatable bonds is 7. The van der Waals surface area contributed by atoms with Crippen LogP contribution in [0.25, 0.3) is 10.9 Å². The van der Waals surface area contributed by atoms with Crippen LogP contribution < -0.4 is 15.0 Å². The molecule has 3 aromatic carbocycles. The molecule has 0 radical (unpaired) electrons. The van der Waals surface area contributed by atoms with Crippen LogP contribution in [0.5, 0.6) is 5.75 Å². The van der Waals surface area contributed by atoms with Crippen LogP contribution in [0.4, 0.5) is 11.4 Å². The Morgan fingerprint density at radius 2 is 1.78 bits per heavy atom. The van der Waals surface area contributed by atoms with E-state index < -0.39 is 0 Å². The van der Waals surface area contributed by atoms with Gasteiger partial charge in [-0.25, -0.2) is 0 Å². The van der Waals surface area contributed by atoms with Crippen molar-refractivity contribution in [1.82, 2.24) is 9.88 Å². The van der Waals surface area contributed by atoms with Crippen LogP contribution in [0.3, 0.4) is 0 Å². The van der Waals surface area contributed by atoms with Crippen LogP contribution in [-0.2, 0) is 6.42 Å². The number of ether oxygens (including phenoxy) is 1. The first-order valence-corrected chi connectivity index (χ1v) is 13.4. The van der Waals surface area contributed by atoms with E-state index in [9.17, 15) is 4.79 Å². The van der Waals surface area contributed by atoms with Gasteiger partial charge in [-0.05, 0) is 73.9 Å². The van der Waals surface area contributed by atoms with E-state index in [-0.39, 0.29) is 17.9 Å². The van der Waals surface area contributed by atoms with Crippen molar-refractivity contribution < 1.29 is 9.53 Å². The number of nitrogens with zero attached hydrogens (tertiary/aromatic N) is 2. The summed E-state index contributed by atoms with van der Waals surface area (Å²) in [5.74, 6) is 0.981. The molecule has 6 nitrogen and oxygen atoms in total. The molecule has 3 heterocycles. The molecule has 2 atom stereocenters. The molecule has 0 amide bonds. The number of anilines is 2. The molecule has 0 aliphatic carbocycles. The third-order valence-corrected chi connectivity index (χ3v) is 7.80. The lowest BCUT2D eigenvalue weighted by Crippen LogP contribution is -2.58. The highest BCUT2D eigenvalue weighted by Crippen LogP contribution is 2.31. The Kier molecular flexibility index (Phi) is 6.58. The van der Waals surface area contributed by atoms with Crippen LogP contribution in [0.1, 0.15) is 29.3 Å².